The van der Waals surface area contributed by atoms with Gasteiger partial charge < -0.3 is 15.2 Å². The van der Waals surface area contributed by atoms with E-state index >= 15 is 0 Å². The molecule has 0 aromatic heterocycles. The number of methoxy groups -OCH3 is 1. The van der Waals surface area contributed by atoms with Crippen molar-refractivity contribution in [1.29, 1.82) is 5.26 Å². The average molecular weight is 272 g/mol. The van der Waals surface area contributed by atoms with Crippen LogP contribution in [0.2, 0.25) is 0 Å². The zero-order chi connectivity index (χ0) is 14.5. The maximum Gasteiger partial charge on any atom is 0.162 e. The van der Waals surface area contributed by atoms with E-state index in [1.807, 2.05) is 6.07 Å². The minimum Gasteiger partial charge on any atom is -0.493 e. The molecule has 2 aromatic rings. The van der Waals surface area contributed by atoms with Crippen molar-refractivity contribution in [3.8, 4) is 17.6 Å². The molecule has 0 spiro atoms. The molecule has 0 aliphatic rings. The van der Waals surface area contributed by atoms with Crippen molar-refractivity contribution >= 4 is 5.69 Å². The van der Waals surface area contributed by atoms with E-state index < -0.39 is 5.82 Å². The smallest absolute Gasteiger partial charge is 0.162 e. The Morgan fingerprint density at radius 2 is 2.05 bits per heavy atom. The molecule has 0 fully saturated rings. The van der Waals surface area contributed by atoms with Crippen LogP contribution in [0.3, 0.4) is 0 Å². The first-order valence-corrected chi connectivity index (χ1v) is 5.89. The number of rotatable bonds is 4. The van der Waals surface area contributed by atoms with E-state index in [1.54, 1.807) is 24.3 Å². The van der Waals surface area contributed by atoms with Gasteiger partial charge in [0.1, 0.15) is 12.4 Å². The van der Waals surface area contributed by atoms with Gasteiger partial charge in [0.25, 0.3) is 0 Å². The first-order valence-electron chi connectivity index (χ1n) is 5.89. The number of halogens is 1. The summed E-state index contributed by atoms with van der Waals surface area (Å²) in [7, 11) is 1.47. The Labute approximate surface area is 116 Å². The van der Waals surface area contributed by atoms with E-state index in [9.17, 15) is 4.39 Å². The molecule has 0 saturated heterocycles. The summed E-state index contributed by atoms with van der Waals surface area (Å²) in [4.78, 5) is 0. The topological polar surface area (TPSA) is 68.3 Å². The molecule has 0 heterocycles. The van der Waals surface area contributed by atoms with Crippen LogP contribution in [-0.2, 0) is 6.61 Å². The number of nitriles is 1. The van der Waals surface area contributed by atoms with Crippen molar-refractivity contribution in [2.45, 2.75) is 6.61 Å². The molecular weight excluding hydrogens is 259 g/mol. The van der Waals surface area contributed by atoms with Crippen LogP contribution in [0.15, 0.2) is 36.4 Å². The Hall–Kier alpha value is -2.74. The maximum atomic E-state index is 13.6. The summed E-state index contributed by atoms with van der Waals surface area (Å²) < 4.78 is 24.3. The van der Waals surface area contributed by atoms with Gasteiger partial charge in [0.2, 0.25) is 0 Å². The first kappa shape index (κ1) is 13.7. The zero-order valence-electron chi connectivity index (χ0n) is 10.9. The van der Waals surface area contributed by atoms with E-state index in [2.05, 4.69) is 0 Å². The molecule has 2 N–H and O–H groups in total. The molecule has 0 radical (unpaired) electrons. The van der Waals surface area contributed by atoms with Gasteiger partial charge in [0, 0.05) is 17.3 Å². The molecule has 4 nitrogen and oxygen atoms in total. The summed E-state index contributed by atoms with van der Waals surface area (Å²) in [6, 6.07) is 11.2. The monoisotopic (exact) mass is 272 g/mol. The van der Waals surface area contributed by atoms with Crippen molar-refractivity contribution in [1.82, 2.24) is 0 Å². The second-order valence-corrected chi connectivity index (χ2v) is 4.07. The SMILES string of the molecule is COc1cc(C#N)ccc1OCc1c(N)cccc1F. The molecule has 0 saturated carbocycles. The third-order valence-corrected chi connectivity index (χ3v) is 2.82. The van der Waals surface area contributed by atoms with E-state index in [-0.39, 0.29) is 6.61 Å². The van der Waals surface area contributed by atoms with Crippen molar-refractivity contribution in [2.75, 3.05) is 12.8 Å². The van der Waals surface area contributed by atoms with Crippen LogP contribution in [0.25, 0.3) is 0 Å². The lowest BCUT2D eigenvalue weighted by Gasteiger charge is -2.12. The molecule has 2 aromatic carbocycles. The van der Waals surface area contributed by atoms with E-state index in [0.29, 0.717) is 28.3 Å². The third kappa shape index (κ3) is 2.81. The van der Waals surface area contributed by atoms with Gasteiger partial charge in [-0.1, -0.05) is 6.07 Å². The number of hydrogen-bond acceptors (Lipinski definition) is 4. The predicted octanol–water partition coefficient (Wildman–Crippen LogP) is 2.87. The second-order valence-electron chi connectivity index (χ2n) is 4.07. The van der Waals surface area contributed by atoms with E-state index in [0.717, 1.165) is 0 Å². The number of nitrogen functional groups attached to an aromatic ring is 1. The summed E-state index contributed by atoms with van der Waals surface area (Å²) in [6.07, 6.45) is 0. The quantitative estimate of drug-likeness (QED) is 0.869. The van der Waals surface area contributed by atoms with E-state index in [1.165, 1.54) is 19.2 Å². The highest BCUT2D eigenvalue weighted by molar-refractivity contribution is 5.49. The van der Waals surface area contributed by atoms with Crippen LogP contribution in [-0.4, -0.2) is 7.11 Å². The molecule has 0 amide bonds. The molecule has 0 bridgehead atoms. The summed E-state index contributed by atoms with van der Waals surface area (Å²) in [6.45, 7) is -0.0131. The van der Waals surface area contributed by atoms with Crippen LogP contribution in [0.1, 0.15) is 11.1 Å². The minimum atomic E-state index is -0.419. The first-order chi connectivity index (χ1) is 9.65. The van der Waals surface area contributed by atoms with Crippen LogP contribution >= 0.6 is 0 Å². The molecule has 0 unspecified atom stereocenters. The summed E-state index contributed by atoms with van der Waals surface area (Å²) in [5, 5.41) is 8.82. The fourth-order valence-corrected chi connectivity index (χ4v) is 1.73. The van der Waals surface area contributed by atoms with Gasteiger partial charge >= 0.3 is 0 Å². The molecule has 102 valence electrons. The number of hydrogen-bond donors (Lipinski definition) is 1. The van der Waals surface area contributed by atoms with E-state index in [4.69, 9.17) is 20.5 Å². The number of nitrogens with zero attached hydrogens (tertiary/aromatic N) is 1. The van der Waals surface area contributed by atoms with Crippen molar-refractivity contribution in [3.05, 3.63) is 53.3 Å². The Bertz CT molecular complexity index is 645. The number of anilines is 1. The van der Waals surface area contributed by atoms with Gasteiger partial charge in [-0.2, -0.15) is 5.26 Å². The second kappa shape index (κ2) is 5.93. The molecule has 0 aliphatic carbocycles. The Kier molecular flexibility index (Phi) is 4.06. The maximum absolute atomic E-state index is 13.6. The highest BCUT2D eigenvalue weighted by Crippen LogP contribution is 2.29. The highest BCUT2D eigenvalue weighted by atomic mass is 19.1. The average Bonchev–Trinajstić information content (AvgIpc) is 2.46. The lowest BCUT2D eigenvalue weighted by atomic mass is 10.2. The van der Waals surface area contributed by atoms with Crippen molar-refractivity contribution in [3.63, 3.8) is 0 Å². The highest BCUT2D eigenvalue weighted by Gasteiger charge is 2.10. The lowest BCUT2D eigenvalue weighted by molar-refractivity contribution is 0.280. The van der Waals surface area contributed by atoms with Crippen LogP contribution in [0.5, 0.6) is 11.5 Å². The van der Waals surface area contributed by atoms with Crippen LogP contribution in [0.4, 0.5) is 10.1 Å². The Morgan fingerprint density at radius 1 is 1.25 bits per heavy atom. The Morgan fingerprint density at radius 3 is 2.70 bits per heavy atom. The van der Waals surface area contributed by atoms with Gasteiger partial charge in [-0.25, -0.2) is 4.39 Å². The lowest BCUT2D eigenvalue weighted by Crippen LogP contribution is -2.04. The van der Waals surface area contributed by atoms with Gasteiger partial charge in [-0.15, -0.1) is 0 Å². The molecule has 5 heteroatoms. The van der Waals surface area contributed by atoms with Gasteiger partial charge in [-0.05, 0) is 24.3 Å². The van der Waals surface area contributed by atoms with Crippen LogP contribution in [0, 0.1) is 17.1 Å². The standard InChI is InChI=1S/C15H13FN2O2/c1-19-15-7-10(8-17)5-6-14(15)20-9-11-12(16)3-2-4-13(11)18/h2-7H,9,18H2,1H3. The Balaban J connectivity index is 2.21. The fraction of sp³-hybridized carbons (Fsp3) is 0.133. The largest absolute Gasteiger partial charge is 0.493 e. The zero-order valence-corrected chi connectivity index (χ0v) is 10.9. The summed E-state index contributed by atoms with van der Waals surface area (Å²) in [5.74, 6) is 0.422. The van der Waals surface area contributed by atoms with Gasteiger partial charge in [0.15, 0.2) is 11.5 Å². The molecule has 0 atom stereocenters. The number of ether oxygens (including phenoxy) is 2. The fourth-order valence-electron chi connectivity index (χ4n) is 1.73. The normalized spacial score (nSPS) is 9.85. The third-order valence-electron chi connectivity index (χ3n) is 2.82. The number of nitrogens with two attached hydrogens (primary N) is 1. The van der Waals surface area contributed by atoms with Crippen molar-refractivity contribution < 1.29 is 13.9 Å². The molecular formula is C15H13FN2O2. The molecule has 20 heavy (non-hydrogen) atoms. The van der Waals surface area contributed by atoms with Gasteiger partial charge in [-0.3, -0.25) is 0 Å². The number of benzene rings is 2. The summed E-state index contributed by atoms with van der Waals surface area (Å²) >= 11 is 0. The predicted molar refractivity (Wildman–Crippen MR) is 72.9 cm³/mol. The van der Waals surface area contributed by atoms with Crippen LogP contribution < -0.4 is 15.2 Å². The minimum absolute atomic E-state index is 0.0131. The van der Waals surface area contributed by atoms with Crippen molar-refractivity contribution in [2.24, 2.45) is 0 Å². The molecule has 0 aliphatic heterocycles. The molecule has 2 rings (SSSR count). The van der Waals surface area contributed by atoms with Gasteiger partial charge in [0.05, 0.1) is 18.7 Å². The summed E-state index contributed by atoms with van der Waals surface area (Å²) in [5.41, 5.74) is 6.79.